The minimum atomic E-state index is 0. The van der Waals surface area contributed by atoms with E-state index in [0.29, 0.717) is 0 Å². The van der Waals surface area contributed by atoms with Crippen LogP contribution < -0.4 is 0 Å². The van der Waals surface area contributed by atoms with Gasteiger partial charge in [0, 0.05) is 8.56 Å². The van der Waals surface area contributed by atoms with Gasteiger partial charge in [0.15, 0.2) is 0 Å². The number of hydrogen-bond acceptors (Lipinski definition) is 0. The van der Waals surface area contributed by atoms with Gasteiger partial charge >= 0.3 is 0 Å². The fraction of sp³-hybridized carbons (Fsp3) is 0.887. The molecule has 0 radical (unpaired) electrons. The zero-order chi connectivity index (χ0) is 37.7. The van der Waals surface area contributed by atoms with E-state index < -0.39 is 0 Å². The van der Waals surface area contributed by atoms with Crippen LogP contribution in [0.1, 0.15) is 236 Å². The van der Waals surface area contributed by atoms with Crippen LogP contribution in [0.25, 0.3) is 0 Å². The highest BCUT2D eigenvalue weighted by atomic mass is 14.4. The molecule has 6 saturated carbocycles. The molecule has 6 rings (SSSR count). The second-order valence-electron chi connectivity index (χ2n) is 20.0. The van der Waals surface area contributed by atoms with E-state index in [-0.39, 0.29) is 8.56 Å². The Morgan fingerprint density at radius 2 is 0.585 bits per heavy atom. The van der Waals surface area contributed by atoms with Crippen LogP contribution >= 0.6 is 0 Å². The lowest BCUT2D eigenvalue weighted by Gasteiger charge is -2.37. The van der Waals surface area contributed by atoms with Gasteiger partial charge in [-0.25, -0.2) is 0 Å². The molecule has 0 nitrogen and oxygen atoms in total. The Balaban J connectivity index is -0.000000759. The predicted octanol–water partition coefficient (Wildman–Crippen LogP) is 19.0. The third-order valence-electron chi connectivity index (χ3n) is 16.5. The molecule has 6 aliphatic rings. The number of allylic oxidation sites excluding steroid dienone is 5. The van der Waals surface area contributed by atoms with Crippen molar-refractivity contribution in [2.24, 2.45) is 71.0 Å². The van der Waals surface area contributed by atoms with Gasteiger partial charge in [-0.1, -0.05) is 128 Å². The molecule has 0 aromatic rings. The Morgan fingerprint density at radius 3 is 0.792 bits per heavy atom. The summed E-state index contributed by atoms with van der Waals surface area (Å²) in [5.74, 6) is 12.3. The molecule has 0 aromatic carbocycles. The molecule has 0 atom stereocenters. The second-order valence-corrected chi connectivity index (χ2v) is 20.0. The van der Waals surface area contributed by atoms with Crippen molar-refractivity contribution in [2.75, 3.05) is 0 Å². The Morgan fingerprint density at radius 1 is 0.358 bits per heavy atom. The summed E-state index contributed by atoms with van der Waals surface area (Å²) < 4.78 is 0. The third-order valence-corrected chi connectivity index (χ3v) is 16.5. The summed E-state index contributed by atoms with van der Waals surface area (Å²) in [6.45, 7) is 15.3. The first-order chi connectivity index (χ1) is 26.0. The quantitative estimate of drug-likeness (QED) is 0.175. The first kappa shape index (κ1) is 44.9. The van der Waals surface area contributed by atoms with Crippen LogP contribution in [0, 0.1) is 71.0 Å². The largest absolute Gasteiger partial charge is 0.103 e. The first-order valence-corrected chi connectivity index (χ1v) is 24.9. The molecule has 0 amide bonds. The van der Waals surface area contributed by atoms with Gasteiger partial charge in [0.1, 0.15) is 0 Å². The average Bonchev–Trinajstić information content (AvgIpc) is 3.21. The van der Waals surface area contributed by atoms with E-state index in [4.69, 9.17) is 0 Å². The van der Waals surface area contributed by atoms with Gasteiger partial charge in [-0.3, -0.25) is 0 Å². The molecule has 0 bridgehead atoms. The van der Waals surface area contributed by atoms with Crippen LogP contribution in [0.5, 0.6) is 0 Å². The standard InChI is InChI=1S/2C18H32.C17H30.6H2/c2*1-3-5-15-7-11-17(12-8-15)18-13-9-16(6-4-2)10-14-18;1-3-5-15-8-12-17(13-9-15)16-10-6-14(4-2)7-11-16;;;;;;/h2*3,5,15-18H,4,6-14H2,1-2H3;4,14-17H,2-3,5-13H2,1H3;6*1H/b2*5-3+;;;;;;;. The molecule has 0 aliphatic heterocycles. The topological polar surface area (TPSA) is 0 Å². The van der Waals surface area contributed by atoms with Crippen LogP contribution in [-0.2, 0) is 0 Å². The lowest BCUT2D eigenvalue weighted by molar-refractivity contribution is 0.152. The van der Waals surface area contributed by atoms with Crippen LogP contribution in [0.2, 0.25) is 0 Å². The molecule has 318 valence electrons. The minimum Gasteiger partial charge on any atom is -0.103 e. The molecule has 0 heterocycles. The molecular weight excluding hydrogens is 637 g/mol. The summed E-state index contributed by atoms with van der Waals surface area (Å²) in [6, 6.07) is 0. The maximum absolute atomic E-state index is 3.95. The Bertz CT molecular complexity index is 912. The van der Waals surface area contributed by atoms with Gasteiger partial charge in [0.05, 0.1) is 0 Å². The third kappa shape index (κ3) is 15.9. The summed E-state index contributed by atoms with van der Waals surface area (Å²) in [6.07, 6.45) is 56.4. The maximum Gasteiger partial charge on any atom is 0 e. The van der Waals surface area contributed by atoms with Crippen LogP contribution in [0.15, 0.2) is 37.0 Å². The van der Waals surface area contributed by atoms with E-state index in [1.807, 2.05) is 0 Å². The summed E-state index contributed by atoms with van der Waals surface area (Å²) >= 11 is 0. The number of rotatable bonds is 12. The molecule has 0 N–H and O–H groups in total. The van der Waals surface area contributed by atoms with Crippen molar-refractivity contribution in [3.05, 3.63) is 37.0 Å². The minimum absolute atomic E-state index is 0. The van der Waals surface area contributed by atoms with Crippen molar-refractivity contribution in [3.8, 4) is 0 Å². The van der Waals surface area contributed by atoms with Gasteiger partial charge in [-0.05, 0) is 200 Å². The first-order valence-electron chi connectivity index (χ1n) is 24.9. The van der Waals surface area contributed by atoms with Gasteiger partial charge in [-0.2, -0.15) is 0 Å². The van der Waals surface area contributed by atoms with E-state index >= 15 is 0 Å². The van der Waals surface area contributed by atoms with Gasteiger partial charge in [0.25, 0.3) is 0 Å². The molecule has 0 aromatic heterocycles. The lowest BCUT2D eigenvalue weighted by atomic mass is 9.69. The van der Waals surface area contributed by atoms with E-state index in [2.05, 4.69) is 71.6 Å². The van der Waals surface area contributed by atoms with Crippen molar-refractivity contribution < 1.29 is 8.56 Å². The van der Waals surface area contributed by atoms with Gasteiger partial charge in [-0.15, -0.1) is 6.58 Å². The molecule has 0 unspecified atom stereocenters. The van der Waals surface area contributed by atoms with E-state index in [9.17, 15) is 0 Å². The highest BCUT2D eigenvalue weighted by Gasteiger charge is 2.32. The molecular formula is C53H106. The highest BCUT2D eigenvalue weighted by Crippen LogP contribution is 2.45. The van der Waals surface area contributed by atoms with Crippen LogP contribution in [0.4, 0.5) is 0 Å². The maximum atomic E-state index is 3.95. The summed E-state index contributed by atoms with van der Waals surface area (Å²) in [4.78, 5) is 0. The zero-order valence-corrected chi connectivity index (χ0v) is 36.7. The van der Waals surface area contributed by atoms with E-state index in [1.54, 1.807) is 25.7 Å². The summed E-state index contributed by atoms with van der Waals surface area (Å²) in [7, 11) is 0. The monoisotopic (exact) mass is 743 g/mol. The van der Waals surface area contributed by atoms with E-state index in [1.165, 1.54) is 167 Å². The Kier molecular flexibility index (Phi) is 22.2. The molecule has 0 spiro atoms. The van der Waals surface area contributed by atoms with Gasteiger partial charge in [0.2, 0.25) is 0 Å². The van der Waals surface area contributed by atoms with Crippen molar-refractivity contribution in [1.29, 1.82) is 0 Å². The average molecular weight is 743 g/mol. The SMILES string of the molecule is C/C=C/C1CCC(C2CCC(CCC)CC2)CC1.C/C=C/C1CCC(C2CCC(CCC)CC2)CC1.C=CC1CCC(C2CCC(CCC)CC2)CC1.[HH].[HH].[HH].[HH].[HH].[HH]. The van der Waals surface area contributed by atoms with Crippen molar-refractivity contribution >= 4 is 0 Å². The van der Waals surface area contributed by atoms with Crippen molar-refractivity contribution in [2.45, 2.75) is 227 Å². The second kappa shape index (κ2) is 26.2. The highest BCUT2D eigenvalue weighted by molar-refractivity contribution is 4.92. The van der Waals surface area contributed by atoms with Gasteiger partial charge < -0.3 is 0 Å². The number of hydrogen-bond donors (Lipinski definition) is 0. The fourth-order valence-electron chi connectivity index (χ4n) is 13.1. The Labute approximate surface area is 343 Å². The molecule has 53 heavy (non-hydrogen) atoms. The smallest absolute Gasteiger partial charge is 0 e. The van der Waals surface area contributed by atoms with Crippen LogP contribution in [-0.4, -0.2) is 0 Å². The summed E-state index contributed by atoms with van der Waals surface area (Å²) in [5, 5.41) is 0. The van der Waals surface area contributed by atoms with E-state index in [0.717, 1.165) is 71.0 Å². The molecule has 0 saturated heterocycles. The molecule has 0 heteroatoms. The Hall–Kier alpha value is -0.780. The predicted molar refractivity (Wildman–Crippen MR) is 250 cm³/mol. The van der Waals surface area contributed by atoms with Crippen molar-refractivity contribution in [1.82, 2.24) is 0 Å². The van der Waals surface area contributed by atoms with Crippen LogP contribution in [0.3, 0.4) is 0 Å². The summed E-state index contributed by atoms with van der Waals surface area (Å²) in [5.41, 5.74) is 0. The molecule has 6 aliphatic carbocycles. The van der Waals surface area contributed by atoms with Crippen molar-refractivity contribution in [3.63, 3.8) is 0 Å². The lowest BCUT2D eigenvalue weighted by Crippen LogP contribution is -2.25. The zero-order valence-electron chi connectivity index (χ0n) is 36.7. The normalized spacial score (nSPS) is 38.4. The fourth-order valence-corrected chi connectivity index (χ4v) is 13.1. The molecule has 6 fully saturated rings.